The van der Waals surface area contributed by atoms with Gasteiger partial charge in [-0.05, 0) is 99.5 Å². The number of anilines is 12. The highest BCUT2D eigenvalue weighted by Gasteiger charge is 2.54. The molecule has 0 atom stereocenters. The van der Waals surface area contributed by atoms with Crippen LogP contribution in [0, 0.1) is 0 Å². The fourth-order valence-corrected chi connectivity index (χ4v) is 10.4. The Morgan fingerprint density at radius 1 is 0.259 bits per heavy atom. The predicted molar refractivity (Wildman–Crippen MR) is 228 cm³/mol. The van der Waals surface area contributed by atoms with Gasteiger partial charge in [-0.25, -0.2) is 0 Å². The lowest BCUT2D eigenvalue weighted by atomic mass is 9.28. The first-order chi connectivity index (χ1) is 26.9. The Labute approximate surface area is 314 Å². The quantitative estimate of drug-likeness (QED) is 0.174. The smallest absolute Gasteiger partial charge is 0.252 e. The molecule has 0 saturated carbocycles. The average molecular weight is 684 g/mol. The number of hydrogen-bond acceptors (Lipinski definition) is 4. The van der Waals surface area contributed by atoms with Gasteiger partial charge >= 0.3 is 0 Å². The highest BCUT2D eigenvalue weighted by Crippen LogP contribution is 2.57. The van der Waals surface area contributed by atoms with Crippen LogP contribution < -0.4 is 52.4 Å². The minimum absolute atomic E-state index is 0.0510. The minimum Gasteiger partial charge on any atom is -0.311 e. The molecule has 0 fully saturated rings. The van der Waals surface area contributed by atoms with E-state index < -0.39 is 0 Å². The maximum atomic E-state index is 2.67. The molecule has 0 aliphatic carbocycles. The Kier molecular flexibility index (Phi) is 5.50. The van der Waals surface area contributed by atoms with Gasteiger partial charge in [0.1, 0.15) is 0 Å². The zero-order valence-corrected chi connectivity index (χ0v) is 29.3. The summed E-state index contributed by atoms with van der Waals surface area (Å²) in [4.78, 5) is 10.2. The molecule has 13 rings (SSSR count). The second kappa shape index (κ2) is 10.4. The Morgan fingerprint density at radius 3 is 1.06 bits per heavy atom. The Balaban J connectivity index is 1.24. The first-order valence-corrected chi connectivity index (χ1v) is 18.9. The normalized spacial score (nSPS) is 14.4. The summed E-state index contributed by atoms with van der Waals surface area (Å²) in [6.07, 6.45) is 0. The van der Waals surface area contributed by atoms with Crippen LogP contribution in [0.3, 0.4) is 0 Å². The van der Waals surface area contributed by atoms with Crippen molar-refractivity contribution >= 4 is 114 Å². The summed E-state index contributed by atoms with van der Waals surface area (Å²) in [5.41, 5.74) is 22.9. The third kappa shape index (κ3) is 3.46. The highest BCUT2D eigenvalue weighted by atomic mass is 15.3. The third-order valence-electron chi connectivity index (χ3n) is 12.3. The van der Waals surface area contributed by atoms with Crippen LogP contribution in [0.1, 0.15) is 0 Å². The molecule has 0 unspecified atom stereocenters. The van der Waals surface area contributed by atoms with E-state index in [1.54, 1.807) is 0 Å². The third-order valence-corrected chi connectivity index (χ3v) is 12.3. The van der Waals surface area contributed by atoms with Gasteiger partial charge in [0.2, 0.25) is 0 Å². The van der Waals surface area contributed by atoms with Gasteiger partial charge in [0.05, 0.1) is 22.7 Å². The average Bonchev–Trinajstić information content (AvgIpc) is 3.24. The first kappa shape index (κ1) is 28.6. The summed E-state index contributed by atoms with van der Waals surface area (Å²) in [6.45, 7) is 0.102. The Morgan fingerprint density at radius 2 is 0.611 bits per heavy atom. The summed E-state index contributed by atoms with van der Waals surface area (Å²) < 4.78 is 0. The summed E-state index contributed by atoms with van der Waals surface area (Å²) in [5, 5.41) is 0. The van der Waals surface area contributed by atoms with Crippen molar-refractivity contribution in [1.82, 2.24) is 0 Å². The van der Waals surface area contributed by atoms with Crippen molar-refractivity contribution < 1.29 is 0 Å². The number of benzene rings is 8. The van der Waals surface area contributed by atoms with E-state index in [0.29, 0.717) is 0 Å². The molecule has 0 N–H and O–H groups in total. The molecule has 0 bridgehead atoms. The van der Waals surface area contributed by atoms with Crippen LogP contribution >= 0.6 is 0 Å². The van der Waals surface area contributed by atoms with E-state index in [4.69, 9.17) is 0 Å². The molecule has 0 radical (unpaired) electrons. The molecule has 248 valence electrons. The van der Waals surface area contributed by atoms with Crippen LogP contribution in [-0.4, -0.2) is 13.4 Å². The molecule has 8 aromatic carbocycles. The van der Waals surface area contributed by atoms with Crippen molar-refractivity contribution in [1.29, 1.82) is 0 Å². The number of rotatable bonds is 3. The molecule has 5 aliphatic heterocycles. The number of fused-ring (bicyclic) bond motifs is 6. The Bertz CT molecular complexity index is 2710. The molecule has 4 nitrogen and oxygen atoms in total. The van der Waals surface area contributed by atoms with E-state index in [-0.39, 0.29) is 13.4 Å². The van der Waals surface area contributed by atoms with E-state index >= 15 is 0 Å². The van der Waals surface area contributed by atoms with E-state index in [2.05, 4.69) is 202 Å². The van der Waals surface area contributed by atoms with Crippen LogP contribution in [-0.2, 0) is 0 Å². The van der Waals surface area contributed by atoms with Crippen LogP contribution in [0.25, 0.3) is 0 Å². The monoisotopic (exact) mass is 684 g/mol. The van der Waals surface area contributed by atoms with Crippen LogP contribution in [0.4, 0.5) is 68.2 Å². The second-order valence-electron chi connectivity index (χ2n) is 14.9. The molecule has 6 heteroatoms. The van der Waals surface area contributed by atoms with Crippen molar-refractivity contribution in [3.8, 4) is 0 Å². The van der Waals surface area contributed by atoms with Crippen molar-refractivity contribution in [2.75, 3.05) is 19.6 Å². The van der Waals surface area contributed by atoms with Gasteiger partial charge in [-0.3, -0.25) is 0 Å². The number of hydrogen-bond donors (Lipinski definition) is 0. The van der Waals surface area contributed by atoms with Gasteiger partial charge in [0, 0.05) is 45.5 Å². The van der Waals surface area contributed by atoms with Gasteiger partial charge < -0.3 is 19.6 Å². The predicted octanol–water partition coefficient (Wildman–Crippen LogP) is 8.17. The van der Waals surface area contributed by atoms with Crippen LogP contribution in [0.15, 0.2) is 182 Å². The summed E-state index contributed by atoms with van der Waals surface area (Å²) in [5.74, 6) is 0. The largest absolute Gasteiger partial charge is 0.311 e. The van der Waals surface area contributed by atoms with E-state index in [1.807, 2.05) is 0 Å². The summed E-state index contributed by atoms with van der Waals surface area (Å²) >= 11 is 0. The molecule has 0 saturated heterocycles. The second-order valence-corrected chi connectivity index (χ2v) is 14.9. The van der Waals surface area contributed by atoms with Crippen molar-refractivity contribution in [2.45, 2.75) is 0 Å². The fourth-order valence-electron chi connectivity index (χ4n) is 10.4. The fraction of sp³-hybridized carbons (Fsp3) is 0. The maximum absolute atomic E-state index is 2.67. The molecule has 0 amide bonds. The number of nitrogens with zero attached hydrogens (tertiary/aromatic N) is 4. The highest BCUT2D eigenvalue weighted by molar-refractivity contribution is 7.05. The SMILES string of the molecule is c1ccc(N2c3ccccc3B3c4cccc5c4N4c6c(cccc6N5c5ccccc5)B5c6ccccc6N(c6ccccc6)c6cc2c3c4c65)cc1. The number of para-hydroxylation sites is 7. The van der Waals surface area contributed by atoms with E-state index in [0.717, 1.165) is 11.4 Å². The van der Waals surface area contributed by atoms with E-state index in [1.165, 1.54) is 89.7 Å². The molecular formula is C48H30B2N4. The molecule has 5 heterocycles. The van der Waals surface area contributed by atoms with Gasteiger partial charge in [-0.1, -0.05) is 115 Å². The van der Waals surface area contributed by atoms with Crippen molar-refractivity contribution in [3.05, 3.63) is 182 Å². The van der Waals surface area contributed by atoms with E-state index in [9.17, 15) is 0 Å². The Hall–Kier alpha value is -6.91. The zero-order valence-electron chi connectivity index (χ0n) is 29.3. The lowest BCUT2D eigenvalue weighted by molar-refractivity contribution is 1.17. The molecular weight excluding hydrogens is 654 g/mol. The molecule has 8 aromatic rings. The van der Waals surface area contributed by atoms with Gasteiger partial charge in [0.25, 0.3) is 13.4 Å². The van der Waals surface area contributed by atoms with Crippen molar-refractivity contribution in [3.63, 3.8) is 0 Å². The topological polar surface area (TPSA) is 13.0 Å². The standard InChI is InChI=1S/C48H30B2N4/c1-4-16-31(17-5-1)51-38-26-12-10-22-34(38)49-36-24-14-28-40-46(36)54-47-37(25-15-29-41(47)53(40)33-20-8-3-9-21-33)50-35-23-11-13-27-39(35)52(32-18-6-2-7-19-32)43-30-42(51)44(49)48(54)45(43)50/h1-30H. The van der Waals surface area contributed by atoms with Crippen molar-refractivity contribution in [2.24, 2.45) is 0 Å². The summed E-state index contributed by atoms with van der Waals surface area (Å²) in [6, 6.07) is 67.5. The maximum Gasteiger partial charge on any atom is 0.252 e. The van der Waals surface area contributed by atoms with Crippen LogP contribution in [0.5, 0.6) is 0 Å². The van der Waals surface area contributed by atoms with Gasteiger partial charge in [0.15, 0.2) is 0 Å². The lowest BCUT2D eigenvalue weighted by Gasteiger charge is -2.54. The molecule has 0 aromatic heterocycles. The molecule has 5 aliphatic rings. The van der Waals surface area contributed by atoms with Crippen LogP contribution in [0.2, 0.25) is 0 Å². The first-order valence-electron chi connectivity index (χ1n) is 18.9. The van der Waals surface area contributed by atoms with Gasteiger partial charge in [-0.2, -0.15) is 0 Å². The van der Waals surface area contributed by atoms with Gasteiger partial charge in [-0.15, -0.1) is 0 Å². The minimum atomic E-state index is 0.0510. The molecule has 54 heavy (non-hydrogen) atoms. The lowest BCUT2D eigenvalue weighted by Crippen LogP contribution is -2.69. The zero-order chi connectivity index (χ0) is 35.1. The molecule has 0 spiro atoms. The summed E-state index contributed by atoms with van der Waals surface area (Å²) in [7, 11) is 0.